The number of nitrogens with zero attached hydrogens (tertiary/aromatic N) is 2. The molecule has 1 aromatic heterocycles. The number of aromatic nitrogens is 2. The second kappa shape index (κ2) is 4.91. The van der Waals surface area contributed by atoms with Crippen molar-refractivity contribution in [3.8, 4) is 0 Å². The lowest BCUT2D eigenvalue weighted by Crippen LogP contribution is -2.02. The number of halogens is 1. The Morgan fingerprint density at radius 3 is 2.94 bits per heavy atom. The van der Waals surface area contributed by atoms with Gasteiger partial charge >= 0.3 is 0 Å². The molecule has 17 heavy (non-hydrogen) atoms. The van der Waals surface area contributed by atoms with E-state index in [4.69, 9.17) is 0 Å². The predicted octanol–water partition coefficient (Wildman–Crippen LogP) is 2.45. The van der Waals surface area contributed by atoms with E-state index in [1.165, 1.54) is 12.1 Å². The molecule has 2 aromatic rings. The van der Waals surface area contributed by atoms with Crippen LogP contribution in [0.3, 0.4) is 0 Å². The van der Waals surface area contributed by atoms with Crippen molar-refractivity contribution in [2.24, 2.45) is 0 Å². The van der Waals surface area contributed by atoms with E-state index in [2.05, 4.69) is 4.98 Å². The highest BCUT2D eigenvalue weighted by atomic mass is 19.1. The smallest absolute Gasteiger partial charge is 0.152 e. The van der Waals surface area contributed by atoms with Crippen molar-refractivity contribution >= 4 is 6.29 Å². The van der Waals surface area contributed by atoms with Gasteiger partial charge in [-0.15, -0.1) is 0 Å². The van der Waals surface area contributed by atoms with Crippen LogP contribution in [0.4, 0.5) is 4.39 Å². The largest absolute Gasteiger partial charge is 0.335 e. The van der Waals surface area contributed by atoms with E-state index in [1.807, 2.05) is 17.7 Å². The summed E-state index contributed by atoms with van der Waals surface area (Å²) in [7, 11) is 0. The fourth-order valence-corrected chi connectivity index (χ4v) is 1.75. The lowest BCUT2D eigenvalue weighted by atomic mass is 10.1. The highest BCUT2D eigenvalue weighted by Gasteiger charge is 2.06. The maximum absolute atomic E-state index is 13.4. The van der Waals surface area contributed by atoms with Gasteiger partial charge in [-0.2, -0.15) is 0 Å². The second-order valence-electron chi connectivity index (χ2n) is 3.78. The maximum Gasteiger partial charge on any atom is 0.152 e. The van der Waals surface area contributed by atoms with E-state index in [0.717, 1.165) is 17.9 Å². The first-order valence-corrected chi connectivity index (χ1v) is 5.48. The first kappa shape index (κ1) is 11.5. The third-order valence-electron chi connectivity index (χ3n) is 2.70. The molecule has 0 N–H and O–H groups in total. The van der Waals surface area contributed by atoms with Crippen molar-refractivity contribution in [1.29, 1.82) is 0 Å². The first-order chi connectivity index (χ1) is 8.24. The molecule has 0 fully saturated rings. The average molecular weight is 232 g/mol. The van der Waals surface area contributed by atoms with Crippen molar-refractivity contribution in [2.45, 2.75) is 19.9 Å². The zero-order valence-corrected chi connectivity index (χ0v) is 9.56. The van der Waals surface area contributed by atoms with Crippen LogP contribution in [0.25, 0.3) is 0 Å². The van der Waals surface area contributed by atoms with Gasteiger partial charge in [0.2, 0.25) is 0 Å². The van der Waals surface area contributed by atoms with Crippen LogP contribution in [0, 0.1) is 5.82 Å². The van der Waals surface area contributed by atoms with Crippen molar-refractivity contribution in [1.82, 2.24) is 9.55 Å². The fourth-order valence-electron chi connectivity index (χ4n) is 1.75. The second-order valence-corrected chi connectivity index (χ2v) is 3.78. The first-order valence-electron chi connectivity index (χ1n) is 5.48. The minimum absolute atomic E-state index is 0.0904. The zero-order valence-electron chi connectivity index (χ0n) is 9.56. The molecule has 0 radical (unpaired) electrons. The van der Waals surface area contributed by atoms with Crippen molar-refractivity contribution in [3.63, 3.8) is 0 Å². The third-order valence-corrected chi connectivity index (χ3v) is 2.70. The Bertz CT molecular complexity index is 534. The highest BCUT2D eigenvalue weighted by molar-refractivity contribution is 5.75. The van der Waals surface area contributed by atoms with Gasteiger partial charge in [-0.25, -0.2) is 9.37 Å². The lowest BCUT2D eigenvalue weighted by molar-refractivity contribution is 0.112. The third kappa shape index (κ3) is 2.41. The van der Waals surface area contributed by atoms with Crippen LogP contribution >= 0.6 is 0 Å². The molecule has 88 valence electrons. The highest BCUT2D eigenvalue weighted by Crippen LogP contribution is 2.12. The number of hydrogen-bond donors (Lipinski definition) is 0. The SMILES string of the molecule is CCn1ccnc1Cc1ccc(C=O)c(F)c1. The van der Waals surface area contributed by atoms with Gasteiger partial charge < -0.3 is 4.57 Å². The van der Waals surface area contributed by atoms with Crippen LogP contribution in [-0.2, 0) is 13.0 Å². The molecule has 3 nitrogen and oxygen atoms in total. The molecule has 0 amide bonds. The summed E-state index contributed by atoms with van der Waals surface area (Å²) in [6, 6.07) is 4.64. The molecule has 0 aliphatic rings. The summed E-state index contributed by atoms with van der Waals surface area (Å²) in [5.74, 6) is 0.415. The van der Waals surface area contributed by atoms with Crippen LogP contribution in [0.5, 0.6) is 0 Å². The molecule has 0 aliphatic carbocycles. The quantitative estimate of drug-likeness (QED) is 0.759. The number of rotatable bonds is 4. The fraction of sp³-hybridized carbons (Fsp3) is 0.231. The topological polar surface area (TPSA) is 34.9 Å². The zero-order chi connectivity index (χ0) is 12.3. The molecule has 0 bridgehead atoms. The van der Waals surface area contributed by atoms with E-state index in [-0.39, 0.29) is 5.56 Å². The molecule has 0 aliphatic heterocycles. The normalized spacial score (nSPS) is 10.5. The summed E-state index contributed by atoms with van der Waals surface area (Å²) in [6.07, 6.45) is 4.71. The molecule has 0 saturated heterocycles. The van der Waals surface area contributed by atoms with Gasteiger partial charge in [-0.3, -0.25) is 4.79 Å². The molecule has 0 spiro atoms. The molecule has 0 saturated carbocycles. The van der Waals surface area contributed by atoms with Gasteiger partial charge in [0.05, 0.1) is 5.56 Å². The van der Waals surface area contributed by atoms with Gasteiger partial charge in [-0.1, -0.05) is 6.07 Å². The van der Waals surface area contributed by atoms with Crippen molar-refractivity contribution < 1.29 is 9.18 Å². The number of hydrogen-bond acceptors (Lipinski definition) is 2. The molecule has 0 unspecified atom stereocenters. The van der Waals surface area contributed by atoms with E-state index < -0.39 is 5.82 Å². The molecular formula is C13H13FN2O. The molecule has 1 aromatic carbocycles. The minimum atomic E-state index is -0.480. The Morgan fingerprint density at radius 2 is 2.29 bits per heavy atom. The number of imidazole rings is 1. The summed E-state index contributed by atoms with van der Waals surface area (Å²) >= 11 is 0. The Balaban J connectivity index is 2.24. The number of carbonyl (C=O) groups excluding carboxylic acids is 1. The number of aryl methyl sites for hydroxylation is 1. The van der Waals surface area contributed by atoms with Crippen LogP contribution in [-0.4, -0.2) is 15.8 Å². The lowest BCUT2D eigenvalue weighted by Gasteiger charge is -2.05. The van der Waals surface area contributed by atoms with E-state index in [1.54, 1.807) is 12.3 Å². The number of benzene rings is 1. The van der Waals surface area contributed by atoms with Crippen molar-refractivity contribution in [3.05, 3.63) is 53.4 Å². The maximum atomic E-state index is 13.4. The van der Waals surface area contributed by atoms with E-state index in [9.17, 15) is 9.18 Å². The standard InChI is InChI=1S/C13H13FN2O/c1-2-16-6-5-15-13(16)8-10-3-4-11(9-17)12(14)7-10/h3-7,9H,2,8H2,1H3. The average Bonchev–Trinajstić information content (AvgIpc) is 2.76. The summed E-state index contributed by atoms with van der Waals surface area (Å²) in [4.78, 5) is 14.7. The van der Waals surface area contributed by atoms with Gasteiger partial charge in [0.15, 0.2) is 6.29 Å². The Kier molecular flexibility index (Phi) is 3.32. The van der Waals surface area contributed by atoms with Gasteiger partial charge in [0, 0.05) is 25.4 Å². The summed E-state index contributed by atoms with van der Waals surface area (Å²) in [5, 5.41) is 0. The van der Waals surface area contributed by atoms with Gasteiger partial charge in [0.1, 0.15) is 11.6 Å². The molecular weight excluding hydrogens is 219 g/mol. The Hall–Kier alpha value is -1.97. The van der Waals surface area contributed by atoms with E-state index in [0.29, 0.717) is 12.7 Å². The van der Waals surface area contributed by atoms with Gasteiger partial charge in [0.25, 0.3) is 0 Å². The van der Waals surface area contributed by atoms with Crippen LogP contribution in [0.2, 0.25) is 0 Å². The number of carbonyl (C=O) groups is 1. The van der Waals surface area contributed by atoms with Crippen LogP contribution in [0.15, 0.2) is 30.6 Å². The van der Waals surface area contributed by atoms with E-state index >= 15 is 0 Å². The molecule has 4 heteroatoms. The summed E-state index contributed by atoms with van der Waals surface area (Å²) in [5.41, 5.74) is 0.904. The molecule has 0 atom stereocenters. The summed E-state index contributed by atoms with van der Waals surface area (Å²) < 4.78 is 15.4. The molecule has 2 rings (SSSR count). The minimum Gasteiger partial charge on any atom is -0.335 e. The van der Waals surface area contributed by atoms with Crippen LogP contribution < -0.4 is 0 Å². The summed E-state index contributed by atoms with van der Waals surface area (Å²) in [6.45, 7) is 2.87. The Morgan fingerprint density at radius 1 is 1.47 bits per heavy atom. The monoisotopic (exact) mass is 232 g/mol. The predicted molar refractivity (Wildman–Crippen MR) is 62.5 cm³/mol. The molecule has 1 heterocycles. The number of aldehydes is 1. The Labute approximate surface area is 98.9 Å². The van der Waals surface area contributed by atoms with Crippen LogP contribution in [0.1, 0.15) is 28.7 Å². The van der Waals surface area contributed by atoms with Gasteiger partial charge in [-0.05, 0) is 24.6 Å². The van der Waals surface area contributed by atoms with Crippen molar-refractivity contribution in [2.75, 3.05) is 0 Å².